The number of benzene rings is 1. The molecular formula is C13H19NO3. The van der Waals surface area contributed by atoms with Crippen LogP contribution in [0.1, 0.15) is 24.0 Å². The van der Waals surface area contributed by atoms with E-state index >= 15 is 0 Å². The summed E-state index contributed by atoms with van der Waals surface area (Å²) in [7, 11) is 4.97. The average molecular weight is 237 g/mol. The van der Waals surface area contributed by atoms with Gasteiger partial charge >= 0.3 is 0 Å². The van der Waals surface area contributed by atoms with Gasteiger partial charge in [-0.05, 0) is 25.0 Å². The molecule has 0 bridgehead atoms. The van der Waals surface area contributed by atoms with E-state index < -0.39 is 0 Å². The van der Waals surface area contributed by atoms with Crippen LogP contribution in [0.3, 0.4) is 0 Å². The molecule has 2 N–H and O–H groups in total. The zero-order valence-electron chi connectivity index (χ0n) is 10.6. The molecule has 1 aliphatic carbocycles. The first-order chi connectivity index (χ1) is 8.14. The molecule has 0 aromatic heterocycles. The van der Waals surface area contributed by atoms with Crippen LogP contribution >= 0.6 is 0 Å². The number of ether oxygens (including phenoxy) is 3. The van der Waals surface area contributed by atoms with E-state index in [1.54, 1.807) is 21.3 Å². The van der Waals surface area contributed by atoms with Crippen molar-refractivity contribution in [3.8, 4) is 11.5 Å². The van der Waals surface area contributed by atoms with E-state index in [4.69, 9.17) is 19.9 Å². The van der Waals surface area contributed by atoms with E-state index in [9.17, 15) is 0 Å². The van der Waals surface area contributed by atoms with Crippen LogP contribution in [-0.2, 0) is 16.9 Å². The third-order valence-electron chi connectivity index (χ3n) is 3.23. The Balaban J connectivity index is 2.45. The summed E-state index contributed by atoms with van der Waals surface area (Å²) in [5.74, 6) is 1.62. The highest BCUT2D eigenvalue weighted by Gasteiger charge is 2.42. The quantitative estimate of drug-likeness (QED) is 0.848. The molecule has 2 rings (SSSR count). The predicted octanol–water partition coefficient (Wildman–Crippen LogP) is 1.80. The van der Waals surface area contributed by atoms with Crippen molar-refractivity contribution in [2.75, 3.05) is 21.3 Å². The third-order valence-corrected chi connectivity index (χ3v) is 3.23. The normalized spacial score (nSPS) is 16.7. The van der Waals surface area contributed by atoms with Gasteiger partial charge < -0.3 is 19.9 Å². The van der Waals surface area contributed by atoms with E-state index in [-0.39, 0.29) is 5.54 Å². The van der Waals surface area contributed by atoms with Crippen molar-refractivity contribution in [3.63, 3.8) is 0 Å². The second-order valence-corrected chi connectivity index (χ2v) is 4.45. The van der Waals surface area contributed by atoms with Crippen molar-refractivity contribution in [2.24, 2.45) is 5.73 Å². The van der Waals surface area contributed by atoms with Gasteiger partial charge in [-0.1, -0.05) is 0 Å². The molecule has 4 nitrogen and oxygen atoms in total. The molecular weight excluding hydrogens is 218 g/mol. The fourth-order valence-corrected chi connectivity index (χ4v) is 2.02. The van der Waals surface area contributed by atoms with Crippen molar-refractivity contribution in [2.45, 2.75) is 25.0 Å². The maximum Gasteiger partial charge on any atom is 0.124 e. The molecule has 0 spiro atoms. The largest absolute Gasteiger partial charge is 0.496 e. The Hall–Kier alpha value is -1.26. The highest BCUT2D eigenvalue weighted by molar-refractivity contribution is 5.51. The van der Waals surface area contributed by atoms with Gasteiger partial charge in [0, 0.05) is 23.8 Å². The van der Waals surface area contributed by atoms with Gasteiger partial charge in [-0.2, -0.15) is 0 Å². The summed E-state index contributed by atoms with van der Waals surface area (Å²) in [4.78, 5) is 0. The van der Waals surface area contributed by atoms with Gasteiger partial charge in [-0.15, -0.1) is 0 Å². The Bertz CT molecular complexity index is 413. The number of rotatable bonds is 5. The standard InChI is InChI=1S/C13H19NO3/c1-15-8-9-6-12(17-3)10(7-11(9)16-2)13(14)4-5-13/h6-7H,4-5,8,14H2,1-3H3. The number of hydrogen-bond donors (Lipinski definition) is 1. The second kappa shape index (κ2) is 4.55. The van der Waals surface area contributed by atoms with E-state index in [1.807, 2.05) is 12.1 Å². The molecule has 1 saturated carbocycles. The predicted molar refractivity (Wildman–Crippen MR) is 65.4 cm³/mol. The SMILES string of the molecule is COCc1cc(OC)c(C2(N)CC2)cc1OC. The molecule has 0 saturated heterocycles. The Morgan fingerprint density at radius 3 is 2.24 bits per heavy atom. The summed E-state index contributed by atoms with van der Waals surface area (Å²) < 4.78 is 15.9. The second-order valence-electron chi connectivity index (χ2n) is 4.45. The van der Waals surface area contributed by atoms with Crippen molar-refractivity contribution in [1.29, 1.82) is 0 Å². The van der Waals surface area contributed by atoms with Crippen LogP contribution in [0, 0.1) is 0 Å². The zero-order chi connectivity index (χ0) is 12.5. The first-order valence-electron chi connectivity index (χ1n) is 5.68. The topological polar surface area (TPSA) is 53.7 Å². The van der Waals surface area contributed by atoms with Crippen LogP contribution in [0.2, 0.25) is 0 Å². The fraction of sp³-hybridized carbons (Fsp3) is 0.538. The molecule has 0 radical (unpaired) electrons. The van der Waals surface area contributed by atoms with Crippen molar-refractivity contribution >= 4 is 0 Å². The minimum Gasteiger partial charge on any atom is -0.496 e. The lowest BCUT2D eigenvalue weighted by atomic mass is 10.0. The van der Waals surface area contributed by atoms with Gasteiger partial charge in [0.05, 0.1) is 20.8 Å². The third kappa shape index (κ3) is 2.23. The summed E-state index contributed by atoms with van der Waals surface area (Å²) in [5.41, 5.74) is 7.99. The molecule has 1 aromatic rings. The molecule has 1 fully saturated rings. The zero-order valence-corrected chi connectivity index (χ0v) is 10.6. The lowest BCUT2D eigenvalue weighted by Gasteiger charge is -2.18. The average Bonchev–Trinajstić information content (AvgIpc) is 3.08. The summed E-state index contributed by atoms with van der Waals surface area (Å²) in [6, 6.07) is 3.92. The first-order valence-corrected chi connectivity index (χ1v) is 5.68. The Morgan fingerprint density at radius 1 is 1.12 bits per heavy atom. The molecule has 1 aliphatic rings. The van der Waals surface area contributed by atoms with E-state index in [0.717, 1.165) is 35.5 Å². The van der Waals surface area contributed by atoms with Crippen LogP contribution in [0.5, 0.6) is 11.5 Å². The van der Waals surface area contributed by atoms with Crippen LogP contribution in [0.4, 0.5) is 0 Å². The van der Waals surface area contributed by atoms with Crippen molar-refractivity contribution in [1.82, 2.24) is 0 Å². The van der Waals surface area contributed by atoms with Crippen LogP contribution in [-0.4, -0.2) is 21.3 Å². The summed E-state index contributed by atoms with van der Waals surface area (Å²) in [5, 5.41) is 0. The summed E-state index contributed by atoms with van der Waals surface area (Å²) in [6.07, 6.45) is 1.99. The highest BCUT2D eigenvalue weighted by Crippen LogP contribution is 2.48. The Morgan fingerprint density at radius 2 is 1.76 bits per heavy atom. The van der Waals surface area contributed by atoms with E-state index in [0.29, 0.717) is 6.61 Å². The van der Waals surface area contributed by atoms with Crippen LogP contribution < -0.4 is 15.2 Å². The molecule has 1 aromatic carbocycles. The van der Waals surface area contributed by atoms with E-state index in [2.05, 4.69) is 0 Å². The molecule has 0 amide bonds. The lowest BCUT2D eigenvalue weighted by molar-refractivity contribution is 0.181. The molecule has 0 unspecified atom stereocenters. The molecule has 94 valence electrons. The van der Waals surface area contributed by atoms with Gasteiger partial charge in [0.1, 0.15) is 11.5 Å². The molecule has 0 atom stereocenters. The minimum absolute atomic E-state index is 0.232. The fourth-order valence-electron chi connectivity index (χ4n) is 2.02. The molecule has 0 aliphatic heterocycles. The molecule has 4 heteroatoms. The van der Waals surface area contributed by atoms with Crippen LogP contribution in [0.15, 0.2) is 12.1 Å². The van der Waals surface area contributed by atoms with Crippen molar-refractivity contribution < 1.29 is 14.2 Å². The smallest absolute Gasteiger partial charge is 0.124 e. The van der Waals surface area contributed by atoms with Gasteiger partial charge in [0.2, 0.25) is 0 Å². The van der Waals surface area contributed by atoms with Gasteiger partial charge in [-0.3, -0.25) is 0 Å². The highest BCUT2D eigenvalue weighted by atomic mass is 16.5. The number of methoxy groups -OCH3 is 3. The first kappa shape index (κ1) is 12.2. The van der Waals surface area contributed by atoms with Gasteiger partial charge in [0.25, 0.3) is 0 Å². The number of hydrogen-bond acceptors (Lipinski definition) is 4. The van der Waals surface area contributed by atoms with Crippen LogP contribution in [0.25, 0.3) is 0 Å². The Labute approximate surface area is 102 Å². The number of nitrogens with two attached hydrogens (primary N) is 1. The maximum absolute atomic E-state index is 6.23. The lowest BCUT2D eigenvalue weighted by Crippen LogP contribution is -2.20. The minimum atomic E-state index is -0.232. The van der Waals surface area contributed by atoms with Gasteiger partial charge in [-0.25, -0.2) is 0 Å². The van der Waals surface area contributed by atoms with E-state index in [1.165, 1.54) is 0 Å². The summed E-state index contributed by atoms with van der Waals surface area (Å²) >= 11 is 0. The monoisotopic (exact) mass is 237 g/mol. The summed E-state index contributed by atoms with van der Waals surface area (Å²) in [6.45, 7) is 0.497. The van der Waals surface area contributed by atoms with Gasteiger partial charge in [0.15, 0.2) is 0 Å². The van der Waals surface area contributed by atoms with Crippen molar-refractivity contribution in [3.05, 3.63) is 23.3 Å². The Kier molecular flexibility index (Phi) is 3.26. The maximum atomic E-state index is 6.23. The molecule has 0 heterocycles. The molecule has 17 heavy (non-hydrogen) atoms.